The third-order valence-electron chi connectivity index (χ3n) is 3.83. The first-order valence-electron chi connectivity index (χ1n) is 6.18. The summed E-state index contributed by atoms with van der Waals surface area (Å²) in [5, 5.41) is 0. The maximum atomic E-state index is 11.9. The highest BCUT2D eigenvalue weighted by atomic mass is 16.1. The molecule has 1 aliphatic heterocycles. The van der Waals surface area contributed by atoms with Crippen molar-refractivity contribution in [1.29, 1.82) is 0 Å². The summed E-state index contributed by atoms with van der Waals surface area (Å²) >= 11 is 0. The number of nitrogens with zero attached hydrogens (tertiary/aromatic N) is 1. The van der Waals surface area contributed by atoms with Crippen molar-refractivity contribution in [2.45, 2.75) is 44.8 Å². The fourth-order valence-electron chi connectivity index (χ4n) is 2.93. The molecule has 1 fully saturated rings. The summed E-state index contributed by atoms with van der Waals surface area (Å²) in [6, 6.07) is 8.74. The van der Waals surface area contributed by atoms with E-state index in [4.69, 9.17) is 0 Å². The summed E-state index contributed by atoms with van der Waals surface area (Å²) in [6.45, 7) is 1.93. The molecule has 3 rings (SSSR count). The second kappa shape index (κ2) is 4.02. The molecular formula is C14H17NO. The lowest BCUT2D eigenvalue weighted by Crippen LogP contribution is -2.39. The molecule has 1 heterocycles. The van der Waals surface area contributed by atoms with Gasteiger partial charge in [0.2, 0.25) is 0 Å². The van der Waals surface area contributed by atoms with Gasteiger partial charge in [-0.25, -0.2) is 0 Å². The van der Waals surface area contributed by atoms with Crippen LogP contribution in [0.4, 0.5) is 0 Å². The van der Waals surface area contributed by atoms with Gasteiger partial charge in [0.25, 0.3) is 0 Å². The third kappa shape index (κ3) is 1.67. The first kappa shape index (κ1) is 10.0. The van der Waals surface area contributed by atoms with Gasteiger partial charge in [0.15, 0.2) is 0 Å². The van der Waals surface area contributed by atoms with E-state index in [1.165, 1.54) is 17.5 Å². The minimum atomic E-state index is 0.196. The van der Waals surface area contributed by atoms with Crippen molar-refractivity contribution in [2.75, 3.05) is 0 Å². The minimum Gasteiger partial charge on any atom is -0.298 e. The van der Waals surface area contributed by atoms with Gasteiger partial charge in [-0.1, -0.05) is 30.7 Å². The van der Waals surface area contributed by atoms with Gasteiger partial charge >= 0.3 is 0 Å². The fourth-order valence-corrected chi connectivity index (χ4v) is 2.93. The van der Waals surface area contributed by atoms with Gasteiger partial charge in [-0.3, -0.25) is 9.69 Å². The summed E-state index contributed by atoms with van der Waals surface area (Å²) in [5.74, 6) is 0.457. The summed E-state index contributed by atoms with van der Waals surface area (Å²) in [7, 11) is 0. The lowest BCUT2D eigenvalue weighted by Gasteiger charge is -2.29. The van der Waals surface area contributed by atoms with Crippen LogP contribution in [0.15, 0.2) is 24.3 Å². The number of hydrogen-bond acceptors (Lipinski definition) is 2. The predicted octanol–water partition coefficient (Wildman–Crippen LogP) is 2.51. The number of ketones is 1. The van der Waals surface area contributed by atoms with Crippen LogP contribution >= 0.6 is 0 Å². The zero-order chi connectivity index (χ0) is 11.0. The Hall–Kier alpha value is -1.15. The zero-order valence-electron chi connectivity index (χ0n) is 9.48. The monoisotopic (exact) mass is 215 g/mol. The molecule has 84 valence electrons. The molecule has 0 bridgehead atoms. The van der Waals surface area contributed by atoms with Gasteiger partial charge in [-0.05, 0) is 24.0 Å². The second-order valence-electron chi connectivity index (χ2n) is 4.90. The van der Waals surface area contributed by atoms with Crippen molar-refractivity contribution in [3.8, 4) is 0 Å². The zero-order valence-corrected chi connectivity index (χ0v) is 9.48. The van der Waals surface area contributed by atoms with Gasteiger partial charge in [-0.15, -0.1) is 0 Å². The highest BCUT2D eigenvalue weighted by Gasteiger charge is 2.31. The average molecular weight is 215 g/mol. The first-order chi connectivity index (χ1) is 7.84. The van der Waals surface area contributed by atoms with E-state index in [9.17, 15) is 4.79 Å². The van der Waals surface area contributed by atoms with Crippen molar-refractivity contribution < 1.29 is 4.79 Å². The smallest absolute Gasteiger partial charge is 0.149 e. The van der Waals surface area contributed by atoms with Crippen molar-refractivity contribution in [2.24, 2.45) is 0 Å². The van der Waals surface area contributed by atoms with Crippen LogP contribution in [0, 0.1) is 0 Å². The molecule has 0 N–H and O–H groups in total. The van der Waals surface area contributed by atoms with E-state index in [0.29, 0.717) is 5.78 Å². The Labute approximate surface area is 96.3 Å². The second-order valence-corrected chi connectivity index (χ2v) is 4.90. The van der Waals surface area contributed by atoms with Crippen molar-refractivity contribution in [1.82, 2.24) is 4.90 Å². The molecular weight excluding hydrogens is 198 g/mol. The largest absolute Gasteiger partial charge is 0.298 e. The summed E-state index contributed by atoms with van der Waals surface area (Å²) < 4.78 is 0. The van der Waals surface area contributed by atoms with Crippen LogP contribution in [-0.2, 0) is 17.9 Å². The molecule has 0 spiro atoms. The van der Waals surface area contributed by atoms with Gasteiger partial charge in [0.05, 0.1) is 6.04 Å². The van der Waals surface area contributed by atoms with Gasteiger partial charge < -0.3 is 0 Å². The molecule has 16 heavy (non-hydrogen) atoms. The Kier molecular flexibility index (Phi) is 2.52. The molecule has 0 radical (unpaired) electrons. The highest BCUT2D eigenvalue weighted by molar-refractivity contribution is 5.84. The quantitative estimate of drug-likeness (QED) is 0.717. The number of carbonyl (C=O) groups is 1. The van der Waals surface area contributed by atoms with E-state index in [0.717, 1.165) is 32.4 Å². The molecule has 2 heteroatoms. The Morgan fingerprint density at radius 3 is 2.38 bits per heavy atom. The summed E-state index contributed by atoms with van der Waals surface area (Å²) in [5.41, 5.74) is 2.81. The van der Waals surface area contributed by atoms with Crippen LogP contribution in [0.5, 0.6) is 0 Å². The molecule has 1 atom stereocenters. The maximum absolute atomic E-state index is 11.9. The topological polar surface area (TPSA) is 20.3 Å². The Morgan fingerprint density at radius 1 is 1.06 bits per heavy atom. The first-order valence-corrected chi connectivity index (χ1v) is 6.18. The third-order valence-corrected chi connectivity index (χ3v) is 3.83. The maximum Gasteiger partial charge on any atom is 0.149 e. The van der Waals surface area contributed by atoms with E-state index in [2.05, 4.69) is 29.2 Å². The Balaban J connectivity index is 1.77. The highest BCUT2D eigenvalue weighted by Crippen LogP contribution is 2.29. The number of hydrogen-bond donors (Lipinski definition) is 0. The van der Waals surface area contributed by atoms with E-state index in [-0.39, 0.29) is 6.04 Å². The minimum absolute atomic E-state index is 0.196. The predicted molar refractivity (Wildman–Crippen MR) is 63.0 cm³/mol. The number of fused-ring (bicyclic) bond motifs is 1. The van der Waals surface area contributed by atoms with Crippen LogP contribution in [0.1, 0.15) is 36.8 Å². The average Bonchev–Trinajstić information content (AvgIpc) is 2.73. The lowest BCUT2D eigenvalue weighted by molar-refractivity contribution is -0.126. The molecule has 0 amide bonds. The van der Waals surface area contributed by atoms with E-state index < -0.39 is 0 Å². The van der Waals surface area contributed by atoms with E-state index >= 15 is 0 Å². The van der Waals surface area contributed by atoms with Crippen LogP contribution in [0.25, 0.3) is 0 Å². The molecule has 0 aromatic heterocycles. The van der Waals surface area contributed by atoms with Crippen LogP contribution in [0.3, 0.4) is 0 Å². The molecule has 1 aromatic rings. The number of carbonyl (C=O) groups excluding carboxylic acids is 1. The molecule has 1 aliphatic carbocycles. The number of Topliss-reactive ketones (excluding diaryl/α,β-unsaturated/α-hetero) is 1. The molecule has 2 nitrogen and oxygen atoms in total. The van der Waals surface area contributed by atoms with Crippen LogP contribution < -0.4 is 0 Å². The molecule has 1 unspecified atom stereocenters. The van der Waals surface area contributed by atoms with Crippen molar-refractivity contribution in [3.63, 3.8) is 0 Å². The number of benzene rings is 1. The van der Waals surface area contributed by atoms with E-state index in [1.807, 2.05) is 0 Å². The van der Waals surface area contributed by atoms with Crippen LogP contribution in [-0.4, -0.2) is 16.7 Å². The summed E-state index contributed by atoms with van der Waals surface area (Å²) in [4.78, 5) is 14.2. The van der Waals surface area contributed by atoms with Crippen LogP contribution in [0.2, 0.25) is 0 Å². The molecule has 2 aliphatic rings. The summed E-state index contributed by atoms with van der Waals surface area (Å²) in [6.07, 6.45) is 4.16. The van der Waals surface area contributed by atoms with Gasteiger partial charge in [-0.2, -0.15) is 0 Å². The molecule has 1 saturated carbocycles. The normalized spacial score (nSPS) is 25.8. The Morgan fingerprint density at radius 2 is 1.75 bits per heavy atom. The number of rotatable bonds is 1. The Bertz CT molecular complexity index is 388. The SMILES string of the molecule is O=C1CCCCC1N1Cc2ccccc2C1. The van der Waals surface area contributed by atoms with Gasteiger partial charge in [0.1, 0.15) is 5.78 Å². The van der Waals surface area contributed by atoms with Crippen molar-refractivity contribution >= 4 is 5.78 Å². The standard InChI is InChI=1S/C14H17NO/c16-14-8-4-3-7-13(14)15-9-11-5-1-2-6-12(11)10-15/h1-2,5-6,13H,3-4,7-10H2. The lowest BCUT2D eigenvalue weighted by atomic mass is 9.93. The molecule has 1 aromatic carbocycles. The van der Waals surface area contributed by atoms with Gasteiger partial charge in [0, 0.05) is 19.5 Å². The van der Waals surface area contributed by atoms with Crippen molar-refractivity contribution in [3.05, 3.63) is 35.4 Å². The molecule has 0 saturated heterocycles. The van der Waals surface area contributed by atoms with E-state index in [1.54, 1.807) is 0 Å². The fraction of sp³-hybridized carbons (Fsp3) is 0.500.